The molecule has 3 aromatic rings. The number of carboxylic acids is 1. The molecule has 1 aliphatic rings. The fourth-order valence-corrected chi connectivity index (χ4v) is 6.83. The summed E-state index contributed by atoms with van der Waals surface area (Å²) in [7, 11) is -0.538. The number of anilines is 1. The van der Waals surface area contributed by atoms with Crippen molar-refractivity contribution < 1.29 is 19.7 Å². The van der Waals surface area contributed by atoms with Gasteiger partial charge in [-0.25, -0.2) is 4.79 Å². The fraction of sp³-hybridized carbons (Fsp3) is 0.367. The maximum Gasteiger partial charge on any atom is 0.335 e. The van der Waals surface area contributed by atoms with Crippen LogP contribution >= 0.6 is 0 Å². The summed E-state index contributed by atoms with van der Waals surface area (Å²) >= 11 is 0. The molecule has 190 valence electrons. The van der Waals surface area contributed by atoms with Gasteiger partial charge in [0.25, 0.3) is 0 Å². The molecule has 4 rings (SSSR count). The zero-order valence-electron chi connectivity index (χ0n) is 21.6. The predicted molar refractivity (Wildman–Crippen MR) is 151 cm³/mol. The highest BCUT2D eigenvalue weighted by Crippen LogP contribution is 2.36. The minimum atomic E-state index is -0.927. The standard InChI is InChI=1S/C30H37NO4Si/c1-30(2,3)36-28-20-24(11-13-26(28)31-15-4-5-16-31)25-19-23(12-14-27(25)35-18-6-17-32)21-7-9-22(10-8-21)29(33)34/h7-14,19-20,32H,4-6,15-18,36H2,1-3H3,(H,33,34). The Morgan fingerprint density at radius 2 is 1.61 bits per heavy atom. The second kappa shape index (κ2) is 11.3. The highest BCUT2D eigenvalue weighted by atomic mass is 28.2. The molecule has 0 unspecified atom stereocenters. The lowest BCUT2D eigenvalue weighted by Gasteiger charge is -2.26. The maximum absolute atomic E-state index is 11.3. The van der Waals surface area contributed by atoms with Crippen LogP contribution in [0.1, 0.15) is 50.4 Å². The van der Waals surface area contributed by atoms with E-state index in [2.05, 4.69) is 49.9 Å². The summed E-state index contributed by atoms with van der Waals surface area (Å²) < 4.78 is 6.11. The van der Waals surface area contributed by atoms with Crippen molar-refractivity contribution in [2.45, 2.75) is 45.1 Å². The van der Waals surface area contributed by atoms with E-state index in [0.29, 0.717) is 18.1 Å². The Labute approximate surface area is 216 Å². The third-order valence-corrected chi connectivity index (χ3v) is 8.57. The van der Waals surface area contributed by atoms with Gasteiger partial charge in [0.15, 0.2) is 0 Å². The molecule has 0 bridgehead atoms. The van der Waals surface area contributed by atoms with E-state index in [1.165, 1.54) is 23.7 Å². The number of hydrogen-bond acceptors (Lipinski definition) is 4. The van der Waals surface area contributed by atoms with Gasteiger partial charge in [0.1, 0.15) is 5.75 Å². The largest absolute Gasteiger partial charge is 0.493 e. The number of benzene rings is 3. The average Bonchev–Trinajstić information content (AvgIpc) is 3.38. The first kappa shape index (κ1) is 26.0. The molecule has 1 saturated heterocycles. The van der Waals surface area contributed by atoms with Gasteiger partial charge in [-0.2, -0.15) is 0 Å². The maximum atomic E-state index is 11.3. The first-order valence-electron chi connectivity index (χ1n) is 12.8. The summed E-state index contributed by atoms with van der Waals surface area (Å²) in [6, 6.07) is 20.0. The van der Waals surface area contributed by atoms with Crippen molar-refractivity contribution in [1.29, 1.82) is 0 Å². The van der Waals surface area contributed by atoms with Crippen molar-refractivity contribution in [2.75, 3.05) is 31.2 Å². The average molecular weight is 504 g/mol. The first-order chi connectivity index (χ1) is 17.2. The zero-order chi connectivity index (χ0) is 25.7. The molecule has 36 heavy (non-hydrogen) atoms. The predicted octanol–water partition coefficient (Wildman–Crippen LogP) is 5.09. The van der Waals surface area contributed by atoms with Crippen molar-refractivity contribution in [1.82, 2.24) is 0 Å². The van der Waals surface area contributed by atoms with Crippen LogP contribution in [0.3, 0.4) is 0 Å². The molecular formula is C30H37NO4Si. The molecule has 0 amide bonds. The lowest BCUT2D eigenvalue weighted by Crippen LogP contribution is -2.31. The van der Waals surface area contributed by atoms with Gasteiger partial charge < -0.3 is 19.8 Å². The SMILES string of the molecule is CC(C)(C)[SiH2]c1cc(-c2cc(-c3ccc(C(=O)O)cc3)ccc2OCCCO)ccc1N1CCCC1. The summed E-state index contributed by atoms with van der Waals surface area (Å²) in [6.45, 7) is 9.81. The lowest BCUT2D eigenvalue weighted by atomic mass is 9.97. The van der Waals surface area contributed by atoms with Crippen LogP contribution in [0.2, 0.25) is 5.04 Å². The van der Waals surface area contributed by atoms with Gasteiger partial charge in [0, 0.05) is 37.4 Å². The van der Waals surface area contributed by atoms with E-state index in [1.54, 1.807) is 12.1 Å². The highest BCUT2D eigenvalue weighted by Gasteiger charge is 2.21. The van der Waals surface area contributed by atoms with E-state index in [0.717, 1.165) is 41.1 Å². The molecule has 0 radical (unpaired) electrons. The Morgan fingerprint density at radius 1 is 0.944 bits per heavy atom. The third kappa shape index (κ3) is 6.36. The van der Waals surface area contributed by atoms with Crippen molar-refractivity contribution in [3.05, 3.63) is 66.2 Å². The molecule has 6 heteroatoms. The number of nitrogens with zero attached hydrogens (tertiary/aromatic N) is 1. The number of aliphatic hydroxyl groups excluding tert-OH is 1. The van der Waals surface area contributed by atoms with Gasteiger partial charge in [-0.15, -0.1) is 0 Å². The second-order valence-corrected chi connectivity index (χ2v) is 14.0. The normalized spacial score (nSPS) is 14.1. The number of hydrogen-bond donors (Lipinski definition) is 2. The Kier molecular flexibility index (Phi) is 8.16. The summed E-state index contributed by atoms with van der Waals surface area (Å²) in [5.74, 6) is -0.129. The summed E-state index contributed by atoms with van der Waals surface area (Å²) in [5, 5.41) is 20.3. The molecule has 1 heterocycles. The minimum absolute atomic E-state index is 0.0925. The Hall–Kier alpha value is -3.09. The van der Waals surface area contributed by atoms with Crippen molar-refractivity contribution >= 4 is 26.4 Å². The number of aromatic carboxylic acids is 1. The molecule has 0 spiro atoms. The van der Waals surface area contributed by atoms with Crippen molar-refractivity contribution in [3.8, 4) is 28.0 Å². The summed E-state index contributed by atoms with van der Waals surface area (Å²) in [5.41, 5.74) is 5.78. The van der Waals surface area contributed by atoms with E-state index in [9.17, 15) is 15.0 Å². The molecule has 2 N–H and O–H groups in total. The van der Waals surface area contributed by atoms with E-state index in [-0.39, 0.29) is 12.2 Å². The molecule has 5 nitrogen and oxygen atoms in total. The topological polar surface area (TPSA) is 70.0 Å². The van der Waals surface area contributed by atoms with E-state index in [4.69, 9.17) is 4.74 Å². The van der Waals surface area contributed by atoms with Gasteiger partial charge in [-0.1, -0.05) is 51.1 Å². The summed E-state index contributed by atoms with van der Waals surface area (Å²) in [6.07, 6.45) is 3.08. The third-order valence-electron chi connectivity index (χ3n) is 6.56. The fourth-order valence-electron chi connectivity index (χ4n) is 4.85. The minimum Gasteiger partial charge on any atom is -0.493 e. The number of carboxylic acid groups (broad SMARTS) is 1. The van der Waals surface area contributed by atoms with Gasteiger partial charge in [0.05, 0.1) is 21.7 Å². The van der Waals surface area contributed by atoms with Crippen LogP contribution in [-0.2, 0) is 0 Å². The monoisotopic (exact) mass is 503 g/mol. The molecule has 0 saturated carbocycles. The number of carbonyl (C=O) groups is 1. The Morgan fingerprint density at radius 3 is 2.25 bits per heavy atom. The van der Waals surface area contributed by atoms with Gasteiger partial charge in [0.2, 0.25) is 0 Å². The van der Waals surface area contributed by atoms with Crippen LogP contribution < -0.4 is 14.8 Å². The Bertz CT molecular complexity index is 1190. The molecule has 0 atom stereocenters. The van der Waals surface area contributed by atoms with E-state index < -0.39 is 15.5 Å². The number of aliphatic hydroxyl groups is 1. The van der Waals surface area contributed by atoms with Crippen molar-refractivity contribution in [2.24, 2.45) is 0 Å². The number of rotatable bonds is 9. The molecular weight excluding hydrogens is 466 g/mol. The zero-order valence-corrected chi connectivity index (χ0v) is 23.0. The summed E-state index contributed by atoms with van der Waals surface area (Å²) in [4.78, 5) is 13.8. The van der Waals surface area contributed by atoms with Crippen LogP contribution in [-0.4, -0.2) is 52.0 Å². The Balaban J connectivity index is 1.78. The number of ether oxygens (including phenoxy) is 1. The molecule has 0 aliphatic carbocycles. The smallest absolute Gasteiger partial charge is 0.335 e. The molecule has 1 fully saturated rings. The van der Waals surface area contributed by atoms with Gasteiger partial charge in [-0.3, -0.25) is 0 Å². The highest BCUT2D eigenvalue weighted by molar-refractivity contribution is 6.58. The van der Waals surface area contributed by atoms with Crippen LogP contribution in [0.15, 0.2) is 60.7 Å². The van der Waals surface area contributed by atoms with Crippen LogP contribution in [0.25, 0.3) is 22.3 Å². The molecule has 1 aliphatic heterocycles. The first-order valence-corrected chi connectivity index (χ1v) is 14.3. The van der Waals surface area contributed by atoms with Crippen molar-refractivity contribution in [3.63, 3.8) is 0 Å². The molecule has 0 aromatic heterocycles. The lowest BCUT2D eigenvalue weighted by molar-refractivity contribution is 0.0697. The quantitative estimate of drug-likeness (QED) is 0.314. The van der Waals surface area contributed by atoms with Gasteiger partial charge >= 0.3 is 5.97 Å². The van der Waals surface area contributed by atoms with Crippen LogP contribution in [0.4, 0.5) is 5.69 Å². The van der Waals surface area contributed by atoms with E-state index >= 15 is 0 Å². The second-order valence-electron chi connectivity index (χ2n) is 10.8. The molecule has 3 aromatic carbocycles. The van der Waals surface area contributed by atoms with E-state index in [1.807, 2.05) is 24.3 Å². The van der Waals surface area contributed by atoms with Gasteiger partial charge in [-0.05, 0) is 70.1 Å². The van der Waals surface area contributed by atoms with Crippen LogP contribution in [0, 0.1) is 0 Å². The van der Waals surface area contributed by atoms with Crippen LogP contribution in [0.5, 0.6) is 5.75 Å².